The lowest BCUT2D eigenvalue weighted by Crippen LogP contribution is -2.43. The first-order valence-electron chi connectivity index (χ1n) is 7.32. The van der Waals surface area contributed by atoms with Gasteiger partial charge in [-0.25, -0.2) is 0 Å². The molecule has 3 heteroatoms. The largest absolute Gasteiger partial charge is 0.340 e. The minimum atomic E-state index is -0.0422. The Labute approximate surface area is 127 Å². The van der Waals surface area contributed by atoms with Gasteiger partial charge in [0.15, 0.2) is 0 Å². The Kier molecular flexibility index (Phi) is 4.63. The molecule has 0 unspecified atom stereocenters. The highest BCUT2D eigenvalue weighted by Gasteiger charge is 2.14. The van der Waals surface area contributed by atoms with Gasteiger partial charge >= 0.3 is 0 Å². The van der Waals surface area contributed by atoms with Crippen LogP contribution in [0.5, 0.6) is 0 Å². The minimum absolute atomic E-state index is 0.0422. The van der Waals surface area contributed by atoms with Crippen molar-refractivity contribution in [2.75, 3.05) is 13.6 Å². The van der Waals surface area contributed by atoms with Crippen LogP contribution in [0.1, 0.15) is 26.3 Å². The van der Waals surface area contributed by atoms with Crippen molar-refractivity contribution in [2.45, 2.75) is 32.9 Å². The summed E-state index contributed by atoms with van der Waals surface area (Å²) in [7, 11) is 1.85. The number of nitrogens with zero attached hydrogens (tertiary/aromatic N) is 1. The Balaban J connectivity index is 2.00. The first-order chi connectivity index (χ1) is 9.85. The van der Waals surface area contributed by atoms with Crippen molar-refractivity contribution in [3.8, 4) is 0 Å². The van der Waals surface area contributed by atoms with Crippen LogP contribution in [0.3, 0.4) is 0 Å². The van der Waals surface area contributed by atoms with Gasteiger partial charge in [0.05, 0.1) is 6.54 Å². The van der Waals surface area contributed by atoms with Gasteiger partial charge in [0.25, 0.3) is 0 Å². The summed E-state index contributed by atoms with van der Waals surface area (Å²) in [5.41, 5.74) is 1.11. The monoisotopic (exact) mass is 284 g/mol. The highest BCUT2D eigenvalue weighted by molar-refractivity contribution is 5.83. The molecule has 21 heavy (non-hydrogen) atoms. The van der Waals surface area contributed by atoms with E-state index in [1.54, 1.807) is 4.90 Å². The number of hydrogen-bond acceptors (Lipinski definition) is 2. The molecule has 2 aromatic carbocycles. The third-order valence-electron chi connectivity index (χ3n) is 3.43. The molecule has 112 valence electrons. The second-order valence-corrected chi connectivity index (χ2v) is 6.53. The van der Waals surface area contributed by atoms with Gasteiger partial charge in [-0.05, 0) is 43.2 Å². The lowest BCUT2D eigenvalue weighted by atomic mass is 10.1. The maximum atomic E-state index is 12.1. The summed E-state index contributed by atoms with van der Waals surface area (Å²) in [4.78, 5) is 13.9. The fraction of sp³-hybridized carbons (Fsp3) is 0.389. The first kappa shape index (κ1) is 15.5. The summed E-state index contributed by atoms with van der Waals surface area (Å²) in [6, 6.07) is 14.6. The van der Waals surface area contributed by atoms with Crippen LogP contribution in [0.2, 0.25) is 0 Å². The summed E-state index contributed by atoms with van der Waals surface area (Å²) >= 11 is 0. The predicted molar refractivity (Wildman–Crippen MR) is 88.2 cm³/mol. The van der Waals surface area contributed by atoms with E-state index in [0.717, 1.165) is 5.56 Å². The van der Waals surface area contributed by atoms with E-state index in [-0.39, 0.29) is 11.4 Å². The second-order valence-electron chi connectivity index (χ2n) is 6.53. The molecule has 0 fully saturated rings. The first-order valence-corrected chi connectivity index (χ1v) is 7.32. The molecule has 0 heterocycles. The van der Waals surface area contributed by atoms with Crippen LogP contribution in [-0.2, 0) is 11.3 Å². The Morgan fingerprint density at radius 1 is 1.10 bits per heavy atom. The van der Waals surface area contributed by atoms with Crippen LogP contribution < -0.4 is 5.32 Å². The van der Waals surface area contributed by atoms with E-state index < -0.39 is 0 Å². The van der Waals surface area contributed by atoms with Crippen LogP contribution in [0.4, 0.5) is 0 Å². The molecular weight excluding hydrogens is 260 g/mol. The van der Waals surface area contributed by atoms with Crippen molar-refractivity contribution in [2.24, 2.45) is 0 Å². The summed E-state index contributed by atoms with van der Waals surface area (Å²) in [6.45, 7) is 7.18. The Morgan fingerprint density at radius 3 is 2.43 bits per heavy atom. The molecule has 2 rings (SSSR count). The van der Waals surface area contributed by atoms with Gasteiger partial charge in [0.1, 0.15) is 0 Å². The highest BCUT2D eigenvalue weighted by atomic mass is 16.2. The fourth-order valence-corrected chi connectivity index (χ4v) is 2.17. The van der Waals surface area contributed by atoms with E-state index in [1.807, 2.05) is 19.2 Å². The predicted octanol–water partition coefficient (Wildman–Crippen LogP) is 3.19. The lowest BCUT2D eigenvalue weighted by Gasteiger charge is -2.23. The van der Waals surface area contributed by atoms with Crippen molar-refractivity contribution in [1.82, 2.24) is 10.2 Å². The summed E-state index contributed by atoms with van der Waals surface area (Å²) < 4.78 is 0. The van der Waals surface area contributed by atoms with Crippen LogP contribution in [0, 0.1) is 0 Å². The van der Waals surface area contributed by atoms with Gasteiger partial charge in [-0.1, -0.05) is 36.4 Å². The zero-order chi connectivity index (χ0) is 15.5. The maximum absolute atomic E-state index is 12.1. The lowest BCUT2D eigenvalue weighted by molar-refractivity contribution is -0.129. The Hall–Kier alpha value is -1.87. The van der Waals surface area contributed by atoms with E-state index in [0.29, 0.717) is 13.1 Å². The fourth-order valence-electron chi connectivity index (χ4n) is 2.17. The van der Waals surface area contributed by atoms with E-state index >= 15 is 0 Å². The van der Waals surface area contributed by atoms with Gasteiger partial charge in [-0.2, -0.15) is 0 Å². The van der Waals surface area contributed by atoms with Crippen LogP contribution >= 0.6 is 0 Å². The van der Waals surface area contributed by atoms with Gasteiger partial charge in [-0.15, -0.1) is 0 Å². The van der Waals surface area contributed by atoms with E-state index in [1.165, 1.54) is 10.8 Å². The van der Waals surface area contributed by atoms with Crippen molar-refractivity contribution in [1.29, 1.82) is 0 Å². The van der Waals surface area contributed by atoms with Gasteiger partial charge in [0, 0.05) is 19.1 Å². The smallest absolute Gasteiger partial charge is 0.236 e. The normalized spacial score (nSPS) is 11.6. The zero-order valence-corrected chi connectivity index (χ0v) is 13.3. The topological polar surface area (TPSA) is 32.3 Å². The van der Waals surface area contributed by atoms with E-state index in [2.05, 4.69) is 56.4 Å². The van der Waals surface area contributed by atoms with Crippen molar-refractivity contribution in [3.63, 3.8) is 0 Å². The molecule has 0 aliphatic heterocycles. The van der Waals surface area contributed by atoms with Gasteiger partial charge in [0.2, 0.25) is 5.91 Å². The molecule has 0 spiro atoms. The second kappa shape index (κ2) is 6.27. The molecule has 0 bridgehead atoms. The van der Waals surface area contributed by atoms with Crippen LogP contribution in [0.15, 0.2) is 42.5 Å². The summed E-state index contributed by atoms with van der Waals surface area (Å²) in [6.07, 6.45) is 0. The molecule has 3 nitrogen and oxygen atoms in total. The SMILES string of the molecule is CN(Cc1ccc2ccccc2c1)C(=O)CNC(C)(C)C. The number of nitrogens with one attached hydrogen (secondary N) is 1. The molecular formula is C18H24N2O. The summed E-state index contributed by atoms with van der Waals surface area (Å²) in [5.74, 6) is 0.109. The number of hydrogen-bond donors (Lipinski definition) is 1. The Morgan fingerprint density at radius 2 is 1.76 bits per heavy atom. The third-order valence-corrected chi connectivity index (χ3v) is 3.43. The molecule has 0 aliphatic carbocycles. The zero-order valence-electron chi connectivity index (χ0n) is 13.3. The van der Waals surface area contributed by atoms with Gasteiger partial charge < -0.3 is 10.2 Å². The quantitative estimate of drug-likeness (QED) is 0.935. The molecule has 0 saturated carbocycles. The van der Waals surface area contributed by atoms with Crippen LogP contribution in [-0.4, -0.2) is 29.9 Å². The molecule has 1 N–H and O–H groups in total. The molecule has 0 atom stereocenters. The number of benzene rings is 2. The third kappa shape index (κ3) is 4.57. The molecule has 2 aromatic rings. The Bertz CT molecular complexity index is 628. The number of amides is 1. The number of likely N-dealkylation sites (N-methyl/N-ethyl adjacent to an activating group) is 1. The average Bonchev–Trinajstić information content (AvgIpc) is 2.43. The highest BCUT2D eigenvalue weighted by Crippen LogP contribution is 2.16. The standard InChI is InChI=1S/C18H24N2O/c1-18(2,3)19-12-17(21)20(4)13-14-9-10-15-7-5-6-8-16(15)11-14/h5-11,19H,12-13H2,1-4H3. The summed E-state index contributed by atoms with van der Waals surface area (Å²) in [5, 5.41) is 5.66. The molecule has 0 radical (unpaired) electrons. The van der Waals surface area contributed by atoms with Gasteiger partial charge in [-0.3, -0.25) is 4.79 Å². The maximum Gasteiger partial charge on any atom is 0.236 e. The molecule has 0 aliphatic rings. The van der Waals surface area contributed by atoms with E-state index in [9.17, 15) is 4.79 Å². The molecule has 0 saturated heterocycles. The van der Waals surface area contributed by atoms with E-state index in [4.69, 9.17) is 0 Å². The van der Waals surface area contributed by atoms with Crippen molar-refractivity contribution >= 4 is 16.7 Å². The van der Waals surface area contributed by atoms with Crippen molar-refractivity contribution < 1.29 is 4.79 Å². The average molecular weight is 284 g/mol. The number of rotatable bonds is 4. The van der Waals surface area contributed by atoms with Crippen LogP contribution in [0.25, 0.3) is 10.8 Å². The number of carbonyl (C=O) groups excluding carboxylic acids is 1. The number of carbonyl (C=O) groups is 1. The molecule has 1 amide bonds. The minimum Gasteiger partial charge on any atom is -0.340 e. The van der Waals surface area contributed by atoms with Crippen molar-refractivity contribution in [3.05, 3.63) is 48.0 Å². The number of fused-ring (bicyclic) bond motifs is 1. The molecule has 0 aromatic heterocycles.